The van der Waals surface area contributed by atoms with Crippen molar-refractivity contribution in [2.75, 3.05) is 25.1 Å². The molecular weight excluding hydrogens is 536 g/mol. The number of halogens is 1. The summed E-state index contributed by atoms with van der Waals surface area (Å²) in [6, 6.07) is 12.9. The van der Waals surface area contributed by atoms with Gasteiger partial charge in [-0.3, -0.25) is 0 Å². The van der Waals surface area contributed by atoms with E-state index in [2.05, 4.69) is 19.2 Å². The molecule has 1 aliphatic heterocycles. The molecule has 8 nitrogen and oxygen atoms in total. The summed E-state index contributed by atoms with van der Waals surface area (Å²) in [7, 11) is 0. The van der Waals surface area contributed by atoms with Crippen molar-refractivity contribution in [1.82, 2.24) is 14.8 Å². The highest BCUT2D eigenvalue weighted by atomic mass is 35.5. The third kappa shape index (κ3) is 6.89. The van der Waals surface area contributed by atoms with Crippen molar-refractivity contribution in [2.24, 2.45) is 5.92 Å². The van der Waals surface area contributed by atoms with Gasteiger partial charge < -0.3 is 19.5 Å². The Morgan fingerprint density at radius 3 is 2.64 bits per heavy atom. The van der Waals surface area contributed by atoms with Gasteiger partial charge in [-0.15, -0.1) is 5.10 Å². The minimum absolute atomic E-state index is 0.262. The van der Waals surface area contributed by atoms with Crippen molar-refractivity contribution in [1.29, 1.82) is 0 Å². The van der Waals surface area contributed by atoms with Crippen LogP contribution in [-0.2, 0) is 15.3 Å². The van der Waals surface area contributed by atoms with Gasteiger partial charge in [-0.05, 0) is 62.4 Å². The molecule has 1 atom stereocenters. The molecule has 39 heavy (non-hydrogen) atoms. The molecule has 10 heteroatoms. The maximum Gasteiger partial charge on any atom is 0.338 e. The van der Waals surface area contributed by atoms with Gasteiger partial charge in [0.25, 0.3) is 0 Å². The second kappa shape index (κ2) is 13.3. The van der Waals surface area contributed by atoms with Gasteiger partial charge in [0, 0.05) is 16.5 Å². The van der Waals surface area contributed by atoms with Crippen LogP contribution in [0.4, 0.5) is 5.95 Å². The van der Waals surface area contributed by atoms with E-state index in [0.29, 0.717) is 63.8 Å². The number of rotatable bonds is 12. The third-order valence-electron chi connectivity index (χ3n) is 6.18. The fourth-order valence-corrected chi connectivity index (χ4v) is 5.33. The maximum atomic E-state index is 13.2. The number of nitrogens with one attached hydrogen (secondary N) is 1. The number of benzene rings is 2. The number of allylic oxidation sites excluding steroid dienone is 1. The van der Waals surface area contributed by atoms with E-state index in [1.807, 2.05) is 56.3 Å². The normalized spacial score (nSPS) is 14.7. The summed E-state index contributed by atoms with van der Waals surface area (Å²) in [5.74, 6) is 2.57. The highest BCUT2D eigenvalue weighted by molar-refractivity contribution is 7.98. The number of carbonyl (C=O) groups is 1. The van der Waals surface area contributed by atoms with Crippen LogP contribution in [0.3, 0.4) is 0 Å². The molecule has 0 saturated heterocycles. The topological polar surface area (TPSA) is 87.5 Å². The second-order valence-electron chi connectivity index (χ2n) is 9.50. The van der Waals surface area contributed by atoms with E-state index < -0.39 is 12.0 Å². The zero-order valence-electron chi connectivity index (χ0n) is 23.0. The van der Waals surface area contributed by atoms with Crippen LogP contribution in [0.25, 0.3) is 0 Å². The average Bonchev–Trinajstić information content (AvgIpc) is 3.30. The Bertz CT molecular complexity index is 1340. The van der Waals surface area contributed by atoms with Crippen molar-refractivity contribution >= 4 is 35.3 Å². The van der Waals surface area contributed by atoms with Gasteiger partial charge in [0.15, 0.2) is 11.5 Å². The van der Waals surface area contributed by atoms with Crippen LogP contribution < -0.4 is 14.8 Å². The first-order valence-electron chi connectivity index (χ1n) is 13.2. The first-order chi connectivity index (χ1) is 18.8. The molecule has 1 unspecified atom stereocenters. The largest absolute Gasteiger partial charge is 0.490 e. The van der Waals surface area contributed by atoms with E-state index in [1.54, 1.807) is 11.6 Å². The SMILES string of the molecule is CCOC(=O)C1=C(C)Nc2nc(SCc3ccccc3Cl)nn2C1c1ccc(OCCC(C)C)c(OCC)c1. The van der Waals surface area contributed by atoms with Gasteiger partial charge in [0.05, 0.1) is 25.4 Å². The number of ether oxygens (including phenoxy) is 3. The van der Waals surface area contributed by atoms with Crippen molar-refractivity contribution in [3.8, 4) is 11.5 Å². The lowest BCUT2D eigenvalue weighted by atomic mass is 9.95. The van der Waals surface area contributed by atoms with E-state index >= 15 is 0 Å². The third-order valence-corrected chi connectivity index (χ3v) is 7.43. The summed E-state index contributed by atoms with van der Waals surface area (Å²) in [6.07, 6.45) is 0.938. The van der Waals surface area contributed by atoms with Crippen LogP contribution in [0.2, 0.25) is 5.02 Å². The van der Waals surface area contributed by atoms with Crippen LogP contribution in [0.1, 0.15) is 58.2 Å². The molecule has 0 radical (unpaired) electrons. The summed E-state index contributed by atoms with van der Waals surface area (Å²) in [6.45, 7) is 11.2. The van der Waals surface area contributed by atoms with Crippen LogP contribution in [0, 0.1) is 5.92 Å². The number of esters is 1. The van der Waals surface area contributed by atoms with Crippen LogP contribution in [0.15, 0.2) is 58.9 Å². The molecule has 3 aromatic rings. The van der Waals surface area contributed by atoms with E-state index in [1.165, 1.54) is 11.8 Å². The summed E-state index contributed by atoms with van der Waals surface area (Å²) in [5.41, 5.74) is 2.94. The van der Waals surface area contributed by atoms with E-state index in [0.717, 1.165) is 17.5 Å². The molecular formula is C29H35ClN4O4S. The predicted octanol–water partition coefficient (Wildman–Crippen LogP) is 6.90. The highest BCUT2D eigenvalue weighted by Gasteiger charge is 2.35. The Morgan fingerprint density at radius 2 is 1.92 bits per heavy atom. The average molecular weight is 571 g/mol. The van der Waals surface area contributed by atoms with Gasteiger partial charge in [-0.2, -0.15) is 4.98 Å². The molecule has 0 aliphatic carbocycles. The molecule has 1 aromatic heterocycles. The number of hydrogen-bond acceptors (Lipinski definition) is 8. The summed E-state index contributed by atoms with van der Waals surface area (Å²) in [5, 5.41) is 9.31. The van der Waals surface area contributed by atoms with Crippen molar-refractivity contribution < 1.29 is 19.0 Å². The minimum atomic E-state index is -0.564. The number of nitrogens with zero attached hydrogens (tertiary/aromatic N) is 3. The van der Waals surface area contributed by atoms with Crippen molar-refractivity contribution in [3.63, 3.8) is 0 Å². The highest BCUT2D eigenvalue weighted by Crippen LogP contribution is 2.40. The minimum Gasteiger partial charge on any atom is -0.490 e. The molecule has 0 spiro atoms. The van der Waals surface area contributed by atoms with Crippen LogP contribution in [-0.4, -0.2) is 40.6 Å². The number of anilines is 1. The van der Waals surface area contributed by atoms with Gasteiger partial charge >= 0.3 is 5.97 Å². The Labute approximate surface area is 239 Å². The molecule has 2 aromatic carbocycles. The van der Waals surface area contributed by atoms with Gasteiger partial charge in [0.2, 0.25) is 11.1 Å². The molecule has 208 valence electrons. The molecule has 1 aliphatic rings. The fraction of sp³-hybridized carbons (Fsp3) is 0.414. The lowest BCUT2D eigenvalue weighted by Gasteiger charge is -2.28. The Kier molecular flexibility index (Phi) is 9.80. The van der Waals surface area contributed by atoms with Crippen LogP contribution >= 0.6 is 23.4 Å². The van der Waals surface area contributed by atoms with Gasteiger partial charge in [-0.25, -0.2) is 9.48 Å². The molecule has 0 amide bonds. The lowest BCUT2D eigenvalue weighted by molar-refractivity contribution is -0.139. The number of thioether (sulfide) groups is 1. The predicted molar refractivity (Wildman–Crippen MR) is 155 cm³/mol. The number of fused-ring (bicyclic) bond motifs is 1. The number of hydrogen-bond donors (Lipinski definition) is 1. The molecule has 1 N–H and O–H groups in total. The first kappa shape index (κ1) is 28.8. The smallest absolute Gasteiger partial charge is 0.338 e. The molecule has 2 heterocycles. The Balaban J connectivity index is 1.70. The lowest BCUT2D eigenvalue weighted by Crippen LogP contribution is -2.29. The fourth-order valence-electron chi connectivity index (χ4n) is 4.22. The summed E-state index contributed by atoms with van der Waals surface area (Å²) >= 11 is 7.82. The first-order valence-corrected chi connectivity index (χ1v) is 14.6. The van der Waals surface area contributed by atoms with Gasteiger partial charge in [-0.1, -0.05) is 61.5 Å². The molecule has 0 bridgehead atoms. The molecule has 0 saturated carbocycles. The summed E-state index contributed by atoms with van der Waals surface area (Å²) in [4.78, 5) is 17.9. The summed E-state index contributed by atoms with van der Waals surface area (Å²) < 4.78 is 19.2. The van der Waals surface area contributed by atoms with E-state index in [9.17, 15) is 4.79 Å². The quantitative estimate of drug-likeness (QED) is 0.186. The standard InChI is InChI=1S/C29H35ClN4O4S/c1-6-36-24-16-20(12-13-23(24)38-15-14-18(3)4)26-25(27(35)37-7-2)19(5)31-28-32-29(33-34(26)28)39-17-21-10-8-9-11-22(21)30/h8-13,16,18,26H,6-7,14-15,17H2,1-5H3,(H,31,32,33). The number of aromatic nitrogens is 3. The maximum absolute atomic E-state index is 13.2. The monoisotopic (exact) mass is 570 g/mol. The molecule has 4 rings (SSSR count). The van der Waals surface area contributed by atoms with E-state index in [-0.39, 0.29) is 6.61 Å². The van der Waals surface area contributed by atoms with Gasteiger partial charge in [0.1, 0.15) is 6.04 Å². The van der Waals surface area contributed by atoms with Crippen molar-refractivity contribution in [3.05, 3.63) is 69.9 Å². The zero-order valence-corrected chi connectivity index (χ0v) is 24.6. The van der Waals surface area contributed by atoms with Crippen LogP contribution in [0.5, 0.6) is 11.5 Å². The van der Waals surface area contributed by atoms with Crippen molar-refractivity contribution in [2.45, 2.75) is 58.0 Å². The Morgan fingerprint density at radius 1 is 1.13 bits per heavy atom. The van der Waals surface area contributed by atoms with E-state index in [4.69, 9.17) is 35.9 Å². The Hall–Kier alpha value is -3.17. The second-order valence-corrected chi connectivity index (χ2v) is 10.8. The zero-order chi connectivity index (χ0) is 27.9. The molecule has 0 fully saturated rings. The number of carbonyl (C=O) groups excluding carboxylic acids is 1.